The summed E-state index contributed by atoms with van der Waals surface area (Å²) < 4.78 is 45.0. The summed E-state index contributed by atoms with van der Waals surface area (Å²) >= 11 is 0. The largest absolute Gasteiger partial charge is 0.550 e. The minimum atomic E-state index is -1.40. The first-order chi connectivity index (χ1) is 11.4. The van der Waals surface area contributed by atoms with E-state index in [0.29, 0.717) is 5.56 Å². The summed E-state index contributed by atoms with van der Waals surface area (Å²) in [6.45, 7) is 0. The molecule has 7 heteroatoms. The van der Waals surface area contributed by atoms with Crippen LogP contribution in [0.5, 0.6) is 0 Å². The van der Waals surface area contributed by atoms with Crippen LogP contribution in [0.3, 0.4) is 0 Å². The number of hydrogen-bond acceptors (Lipinski definition) is 4. The van der Waals surface area contributed by atoms with Crippen LogP contribution in [-0.4, -0.2) is 11.0 Å². The van der Waals surface area contributed by atoms with Crippen molar-refractivity contribution in [2.75, 3.05) is 0 Å². The summed E-state index contributed by atoms with van der Waals surface area (Å²) in [6, 6.07) is 8.20. The van der Waals surface area contributed by atoms with Gasteiger partial charge >= 0.3 is 0 Å². The van der Waals surface area contributed by atoms with E-state index in [-0.39, 0.29) is 22.9 Å². The zero-order valence-electron chi connectivity index (χ0n) is 12.1. The van der Waals surface area contributed by atoms with Gasteiger partial charge in [0.2, 0.25) is 5.89 Å². The van der Waals surface area contributed by atoms with Crippen molar-refractivity contribution >= 4 is 5.97 Å². The maximum Gasteiger partial charge on any atom is 0.227 e. The molecule has 0 fully saturated rings. The van der Waals surface area contributed by atoms with Crippen LogP contribution in [0.1, 0.15) is 5.69 Å². The van der Waals surface area contributed by atoms with E-state index in [0.717, 1.165) is 12.1 Å². The van der Waals surface area contributed by atoms with Crippen molar-refractivity contribution in [1.29, 1.82) is 0 Å². The average molecular weight is 332 g/mol. The van der Waals surface area contributed by atoms with Gasteiger partial charge in [0.1, 0.15) is 5.82 Å². The Morgan fingerprint density at radius 3 is 2.29 bits per heavy atom. The predicted molar refractivity (Wildman–Crippen MR) is 76.0 cm³/mol. The zero-order valence-corrected chi connectivity index (χ0v) is 12.1. The van der Waals surface area contributed by atoms with Gasteiger partial charge in [0.05, 0.1) is 5.69 Å². The molecule has 0 saturated heterocycles. The quantitative estimate of drug-likeness (QED) is 0.737. The maximum atomic E-state index is 13.4. The van der Waals surface area contributed by atoms with Gasteiger partial charge in [-0.15, -0.1) is 0 Å². The summed E-state index contributed by atoms with van der Waals surface area (Å²) in [5.74, 6) is -3.99. The molecule has 3 aromatic rings. The highest BCUT2D eigenvalue weighted by molar-refractivity contribution is 5.73. The molecule has 0 amide bonds. The lowest BCUT2D eigenvalue weighted by Gasteiger charge is -2.02. The SMILES string of the molecule is O=C([O-])Cc1nc(-c2ccc(F)cc2)oc1-c1ccc(F)c(F)c1. The number of aliphatic carboxylic acids is 1. The molecule has 4 nitrogen and oxygen atoms in total. The molecule has 0 aliphatic heterocycles. The summed E-state index contributed by atoms with van der Waals surface area (Å²) in [4.78, 5) is 14.9. The average Bonchev–Trinajstić information content (AvgIpc) is 2.94. The predicted octanol–water partition coefficient (Wildman–Crippen LogP) is 2.72. The van der Waals surface area contributed by atoms with Crippen LogP contribution in [0.15, 0.2) is 46.9 Å². The van der Waals surface area contributed by atoms with Crippen molar-refractivity contribution < 1.29 is 27.5 Å². The van der Waals surface area contributed by atoms with Gasteiger partial charge in [0.15, 0.2) is 17.4 Å². The normalized spacial score (nSPS) is 10.8. The van der Waals surface area contributed by atoms with Crippen LogP contribution < -0.4 is 5.11 Å². The molecule has 0 atom stereocenters. The molecular formula is C17H9F3NO3-. The number of halogens is 3. The molecule has 0 aliphatic carbocycles. The van der Waals surface area contributed by atoms with E-state index in [4.69, 9.17) is 4.42 Å². The van der Waals surface area contributed by atoms with Gasteiger partial charge in [-0.3, -0.25) is 0 Å². The third-order valence-corrected chi connectivity index (χ3v) is 3.28. The van der Waals surface area contributed by atoms with Crippen molar-refractivity contribution in [3.63, 3.8) is 0 Å². The number of oxazole rings is 1. The van der Waals surface area contributed by atoms with Gasteiger partial charge in [-0.05, 0) is 42.5 Å². The molecule has 122 valence electrons. The second kappa shape index (κ2) is 6.19. The van der Waals surface area contributed by atoms with Crippen LogP contribution in [0.2, 0.25) is 0 Å². The molecule has 0 N–H and O–H groups in total. The Bertz CT molecular complexity index is 904. The number of carboxylic acid groups (broad SMARTS) is 1. The Labute approximate surface area is 134 Å². The highest BCUT2D eigenvalue weighted by Gasteiger charge is 2.18. The first-order valence-corrected chi connectivity index (χ1v) is 6.85. The fourth-order valence-corrected chi connectivity index (χ4v) is 2.19. The fourth-order valence-electron chi connectivity index (χ4n) is 2.19. The summed E-state index contributed by atoms with van der Waals surface area (Å²) in [5, 5.41) is 10.9. The van der Waals surface area contributed by atoms with Crippen LogP contribution in [0.25, 0.3) is 22.8 Å². The van der Waals surface area contributed by atoms with E-state index >= 15 is 0 Å². The minimum absolute atomic E-state index is 0.000308. The standard InChI is InChI=1S/C17H10F3NO3/c18-11-4-1-9(2-5-11)17-21-14(8-15(22)23)16(24-17)10-3-6-12(19)13(20)7-10/h1-7H,8H2,(H,22,23)/p-1. The van der Waals surface area contributed by atoms with Gasteiger partial charge in [-0.1, -0.05) is 0 Å². The Morgan fingerprint density at radius 2 is 1.67 bits per heavy atom. The fraction of sp³-hybridized carbons (Fsp3) is 0.0588. The lowest BCUT2D eigenvalue weighted by Crippen LogP contribution is -2.24. The highest BCUT2D eigenvalue weighted by Crippen LogP contribution is 2.31. The number of carboxylic acids is 1. The lowest BCUT2D eigenvalue weighted by molar-refractivity contribution is -0.304. The Hall–Kier alpha value is -3.09. The first-order valence-electron chi connectivity index (χ1n) is 6.85. The smallest absolute Gasteiger partial charge is 0.227 e. The molecule has 3 rings (SSSR count). The second-order valence-corrected chi connectivity index (χ2v) is 4.98. The van der Waals surface area contributed by atoms with Crippen molar-refractivity contribution in [1.82, 2.24) is 4.98 Å². The molecule has 0 saturated carbocycles. The lowest BCUT2D eigenvalue weighted by atomic mass is 10.1. The summed E-state index contributed by atoms with van der Waals surface area (Å²) in [6.07, 6.45) is -0.570. The molecule has 0 spiro atoms. The molecule has 0 bridgehead atoms. The van der Waals surface area contributed by atoms with Crippen LogP contribution >= 0.6 is 0 Å². The third kappa shape index (κ3) is 3.15. The molecule has 24 heavy (non-hydrogen) atoms. The molecule has 1 heterocycles. The number of aromatic nitrogens is 1. The third-order valence-electron chi connectivity index (χ3n) is 3.28. The van der Waals surface area contributed by atoms with Crippen molar-refractivity contribution in [3.05, 3.63) is 65.6 Å². The van der Waals surface area contributed by atoms with Crippen LogP contribution in [0, 0.1) is 17.5 Å². The number of rotatable bonds is 4. The maximum absolute atomic E-state index is 13.4. The van der Waals surface area contributed by atoms with Crippen molar-refractivity contribution in [2.24, 2.45) is 0 Å². The number of nitrogens with zero attached hydrogens (tertiary/aromatic N) is 1. The van der Waals surface area contributed by atoms with Gasteiger partial charge in [0.25, 0.3) is 0 Å². The van der Waals surface area contributed by atoms with E-state index in [9.17, 15) is 23.1 Å². The van der Waals surface area contributed by atoms with Gasteiger partial charge in [-0.25, -0.2) is 18.2 Å². The monoisotopic (exact) mass is 332 g/mol. The van der Waals surface area contributed by atoms with E-state index in [1.54, 1.807) is 0 Å². The number of carbonyl (C=O) groups is 1. The topological polar surface area (TPSA) is 66.2 Å². The van der Waals surface area contributed by atoms with Gasteiger partial charge in [0, 0.05) is 23.5 Å². The van der Waals surface area contributed by atoms with Crippen molar-refractivity contribution in [3.8, 4) is 22.8 Å². The number of benzene rings is 2. The Morgan fingerprint density at radius 1 is 1.00 bits per heavy atom. The van der Waals surface area contributed by atoms with Crippen molar-refractivity contribution in [2.45, 2.75) is 6.42 Å². The molecule has 0 aliphatic rings. The Balaban J connectivity index is 2.11. The first kappa shape index (κ1) is 15.8. The molecular weight excluding hydrogens is 323 g/mol. The van der Waals surface area contributed by atoms with E-state index in [1.165, 1.54) is 30.3 Å². The highest BCUT2D eigenvalue weighted by atomic mass is 19.2. The number of hydrogen-bond donors (Lipinski definition) is 0. The molecule has 0 radical (unpaired) electrons. The minimum Gasteiger partial charge on any atom is -0.550 e. The van der Waals surface area contributed by atoms with E-state index in [2.05, 4.69) is 4.98 Å². The van der Waals surface area contributed by atoms with E-state index in [1.807, 2.05) is 0 Å². The second-order valence-electron chi connectivity index (χ2n) is 4.98. The number of carbonyl (C=O) groups excluding carboxylic acids is 1. The van der Waals surface area contributed by atoms with Gasteiger partial charge < -0.3 is 14.3 Å². The summed E-state index contributed by atoms with van der Waals surface area (Å²) in [7, 11) is 0. The molecule has 0 unspecified atom stereocenters. The van der Waals surface area contributed by atoms with Crippen LogP contribution in [0.4, 0.5) is 13.2 Å². The summed E-state index contributed by atoms with van der Waals surface area (Å²) in [5.41, 5.74) is 0.538. The van der Waals surface area contributed by atoms with E-state index < -0.39 is 29.8 Å². The zero-order chi connectivity index (χ0) is 17.3. The molecule has 1 aromatic heterocycles. The Kier molecular flexibility index (Phi) is 4.07. The molecule has 2 aromatic carbocycles. The van der Waals surface area contributed by atoms with Crippen LogP contribution in [-0.2, 0) is 11.2 Å². The van der Waals surface area contributed by atoms with Gasteiger partial charge in [-0.2, -0.15) is 0 Å².